The van der Waals surface area contributed by atoms with E-state index < -0.39 is 0 Å². The van der Waals surface area contributed by atoms with Gasteiger partial charge in [0.15, 0.2) is 0 Å². The zero-order chi connectivity index (χ0) is 10.6. The maximum Gasteiger partial charge on any atom is 0.0581 e. The highest BCUT2D eigenvalue weighted by Crippen LogP contribution is 2.40. The van der Waals surface area contributed by atoms with Crippen LogP contribution >= 0.6 is 0 Å². The summed E-state index contributed by atoms with van der Waals surface area (Å²) in [6, 6.07) is 0. The maximum absolute atomic E-state index is 6.03. The van der Waals surface area contributed by atoms with Crippen LogP contribution in [0.2, 0.25) is 0 Å². The second kappa shape index (κ2) is 5.31. The van der Waals surface area contributed by atoms with Crippen molar-refractivity contribution >= 4 is 0 Å². The van der Waals surface area contributed by atoms with Crippen molar-refractivity contribution in [1.29, 1.82) is 0 Å². The van der Waals surface area contributed by atoms with E-state index in [1.807, 2.05) is 0 Å². The lowest BCUT2D eigenvalue weighted by atomic mass is 9.75. The van der Waals surface area contributed by atoms with Gasteiger partial charge < -0.3 is 10.5 Å². The normalized spacial score (nSPS) is 31.4. The third-order valence-corrected chi connectivity index (χ3v) is 4.28. The molecule has 0 aromatic heterocycles. The standard InChI is InChI=1S/C13H25NO/c14-11-13(7-3-1-2-4-8-13)10-12-6-5-9-15-12/h12H,1-11,14H2. The smallest absolute Gasteiger partial charge is 0.0581 e. The van der Waals surface area contributed by atoms with E-state index in [0.717, 1.165) is 13.2 Å². The van der Waals surface area contributed by atoms with Gasteiger partial charge in [-0.3, -0.25) is 0 Å². The predicted molar refractivity (Wildman–Crippen MR) is 62.8 cm³/mol. The van der Waals surface area contributed by atoms with Crippen molar-refractivity contribution in [2.75, 3.05) is 13.2 Å². The number of rotatable bonds is 3. The lowest BCUT2D eigenvalue weighted by Crippen LogP contribution is -2.33. The highest BCUT2D eigenvalue weighted by Gasteiger charge is 2.33. The molecule has 1 saturated heterocycles. The summed E-state index contributed by atoms with van der Waals surface area (Å²) < 4.78 is 5.77. The molecule has 88 valence electrons. The Hall–Kier alpha value is -0.0800. The molecule has 0 radical (unpaired) electrons. The monoisotopic (exact) mass is 211 g/mol. The van der Waals surface area contributed by atoms with Crippen molar-refractivity contribution in [2.24, 2.45) is 11.1 Å². The first-order valence-electron chi connectivity index (χ1n) is 6.66. The first-order chi connectivity index (χ1) is 7.35. The van der Waals surface area contributed by atoms with Crippen molar-refractivity contribution in [1.82, 2.24) is 0 Å². The van der Waals surface area contributed by atoms with Crippen LogP contribution in [0, 0.1) is 5.41 Å². The minimum absolute atomic E-state index is 0.422. The SMILES string of the molecule is NCC1(CC2CCCO2)CCCCCC1. The van der Waals surface area contributed by atoms with E-state index in [0.29, 0.717) is 11.5 Å². The highest BCUT2D eigenvalue weighted by molar-refractivity contribution is 4.86. The van der Waals surface area contributed by atoms with Crippen LogP contribution in [0.5, 0.6) is 0 Å². The summed E-state index contributed by atoms with van der Waals surface area (Å²) in [5.74, 6) is 0. The molecule has 1 unspecified atom stereocenters. The maximum atomic E-state index is 6.03. The van der Waals surface area contributed by atoms with Crippen molar-refractivity contribution in [3.8, 4) is 0 Å². The zero-order valence-corrected chi connectivity index (χ0v) is 9.84. The lowest BCUT2D eigenvalue weighted by Gasteiger charge is -2.33. The molecule has 2 fully saturated rings. The molecule has 1 heterocycles. The van der Waals surface area contributed by atoms with E-state index in [1.54, 1.807) is 0 Å². The quantitative estimate of drug-likeness (QED) is 0.729. The molecule has 2 rings (SSSR count). The van der Waals surface area contributed by atoms with Gasteiger partial charge in [-0.05, 0) is 44.1 Å². The van der Waals surface area contributed by atoms with Gasteiger partial charge in [0.05, 0.1) is 6.10 Å². The number of ether oxygens (including phenoxy) is 1. The van der Waals surface area contributed by atoms with Crippen molar-refractivity contribution in [2.45, 2.75) is 63.9 Å². The van der Waals surface area contributed by atoms with E-state index in [-0.39, 0.29) is 0 Å². The molecule has 2 N–H and O–H groups in total. The molecule has 1 aliphatic carbocycles. The van der Waals surface area contributed by atoms with Crippen LogP contribution in [0.1, 0.15) is 57.8 Å². The first-order valence-corrected chi connectivity index (χ1v) is 6.66. The lowest BCUT2D eigenvalue weighted by molar-refractivity contribution is 0.0566. The van der Waals surface area contributed by atoms with E-state index in [4.69, 9.17) is 10.5 Å². The summed E-state index contributed by atoms with van der Waals surface area (Å²) >= 11 is 0. The minimum atomic E-state index is 0.422. The predicted octanol–water partition coefficient (Wildman–Crippen LogP) is 2.85. The third-order valence-electron chi connectivity index (χ3n) is 4.28. The molecule has 15 heavy (non-hydrogen) atoms. The van der Waals surface area contributed by atoms with Gasteiger partial charge in [0.2, 0.25) is 0 Å². The number of nitrogens with two attached hydrogens (primary N) is 1. The third kappa shape index (κ3) is 2.94. The molecule has 0 aromatic rings. The summed E-state index contributed by atoms with van der Waals surface area (Å²) in [6.45, 7) is 1.85. The molecule has 0 spiro atoms. The van der Waals surface area contributed by atoms with Gasteiger partial charge in [-0.15, -0.1) is 0 Å². The van der Waals surface area contributed by atoms with Crippen molar-refractivity contribution in [3.63, 3.8) is 0 Å². The largest absolute Gasteiger partial charge is 0.378 e. The highest BCUT2D eigenvalue weighted by atomic mass is 16.5. The fraction of sp³-hybridized carbons (Fsp3) is 1.00. The molecule has 1 atom stereocenters. The zero-order valence-electron chi connectivity index (χ0n) is 9.84. The van der Waals surface area contributed by atoms with Gasteiger partial charge in [-0.1, -0.05) is 25.7 Å². The number of hydrogen-bond donors (Lipinski definition) is 1. The van der Waals surface area contributed by atoms with E-state index in [2.05, 4.69) is 0 Å². The molecular weight excluding hydrogens is 186 g/mol. The molecule has 0 bridgehead atoms. The Balaban J connectivity index is 1.92. The topological polar surface area (TPSA) is 35.2 Å². The number of hydrogen-bond acceptors (Lipinski definition) is 2. The Labute approximate surface area is 93.6 Å². The van der Waals surface area contributed by atoms with Crippen LogP contribution in [0.15, 0.2) is 0 Å². The Morgan fingerprint density at radius 2 is 1.80 bits per heavy atom. The fourth-order valence-electron chi connectivity index (χ4n) is 3.26. The summed E-state index contributed by atoms with van der Waals surface area (Å²) in [7, 11) is 0. The molecule has 0 aromatic carbocycles. The summed E-state index contributed by atoms with van der Waals surface area (Å²) in [6.07, 6.45) is 12.5. The summed E-state index contributed by atoms with van der Waals surface area (Å²) in [5.41, 5.74) is 6.45. The molecule has 1 aliphatic heterocycles. The first kappa shape index (κ1) is 11.4. The van der Waals surface area contributed by atoms with Crippen LogP contribution in [0.4, 0.5) is 0 Å². The molecule has 2 aliphatic rings. The minimum Gasteiger partial charge on any atom is -0.378 e. The van der Waals surface area contributed by atoms with Crippen LogP contribution < -0.4 is 5.73 Å². The average Bonchev–Trinajstić information content (AvgIpc) is 2.64. The summed E-state index contributed by atoms with van der Waals surface area (Å²) in [4.78, 5) is 0. The van der Waals surface area contributed by atoms with Gasteiger partial charge in [-0.2, -0.15) is 0 Å². The molecule has 2 nitrogen and oxygen atoms in total. The van der Waals surface area contributed by atoms with Crippen molar-refractivity contribution in [3.05, 3.63) is 0 Å². The van der Waals surface area contributed by atoms with Gasteiger partial charge in [0.25, 0.3) is 0 Å². The van der Waals surface area contributed by atoms with E-state index in [1.165, 1.54) is 57.8 Å². The molecule has 1 saturated carbocycles. The van der Waals surface area contributed by atoms with Crippen LogP contribution in [-0.4, -0.2) is 19.3 Å². The Morgan fingerprint density at radius 1 is 1.07 bits per heavy atom. The molecule has 0 amide bonds. The Kier molecular flexibility index (Phi) is 4.04. The second-order valence-corrected chi connectivity index (χ2v) is 5.46. The van der Waals surface area contributed by atoms with Gasteiger partial charge in [-0.25, -0.2) is 0 Å². The van der Waals surface area contributed by atoms with Gasteiger partial charge in [0.1, 0.15) is 0 Å². The second-order valence-electron chi connectivity index (χ2n) is 5.46. The molecule has 2 heteroatoms. The fourth-order valence-corrected chi connectivity index (χ4v) is 3.26. The van der Waals surface area contributed by atoms with Crippen LogP contribution in [-0.2, 0) is 4.74 Å². The van der Waals surface area contributed by atoms with E-state index >= 15 is 0 Å². The molecular formula is C13H25NO. The van der Waals surface area contributed by atoms with Crippen LogP contribution in [0.25, 0.3) is 0 Å². The summed E-state index contributed by atoms with van der Waals surface area (Å²) in [5, 5.41) is 0. The average molecular weight is 211 g/mol. The van der Waals surface area contributed by atoms with Crippen LogP contribution in [0.3, 0.4) is 0 Å². The van der Waals surface area contributed by atoms with Gasteiger partial charge >= 0.3 is 0 Å². The van der Waals surface area contributed by atoms with E-state index in [9.17, 15) is 0 Å². The van der Waals surface area contributed by atoms with Gasteiger partial charge in [0, 0.05) is 6.61 Å². The Bertz CT molecular complexity index is 179. The van der Waals surface area contributed by atoms with Crippen molar-refractivity contribution < 1.29 is 4.74 Å². The Morgan fingerprint density at radius 3 is 2.33 bits per heavy atom.